The lowest BCUT2D eigenvalue weighted by molar-refractivity contribution is 0.242. The van der Waals surface area contributed by atoms with Gasteiger partial charge in [0.05, 0.1) is 24.6 Å². The lowest BCUT2D eigenvalue weighted by Crippen LogP contribution is -2.05. The fourth-order valence-corrected chi connectivity index (χ4v) is 2.50. The highest BCUT2D eigenvalue weighted by Crippen LogP contribution is 2.30. The van der Waals surface area contributed by atoms with Gasteiger partial charge in [-0.2, -0.15) is 0 Å². The van der Waals surface area contributed by atoms with Gasteiger partial charge in [0, 0.05) is 11.1 Å². The Balaban J connectivity index is 1.93. The highest BCUT2D eigenvalue weighted by atomic mass is 16.5. The third kappa shape index (κ3) is 3.54. The van der Waals surface area contributed by atoms with E-state index in [-0.39, 0.29) is 6.10 Å². The molecule has 4 heteroatoms. The summed E-state index contributed by atoms with van der Waals surface area (Å²) < 4.78 is 11.1. The largest absolute Gasteiger partial charge is 0.496 e. The van der Waals surface area contributed by atoms with E-state index in [1.165, 1.54) is 0 Å². The van der Waals surface area contributed by atoms with Crippen LogP contribution in [0.15, 0.2) is 60.9 Å². The van der Waals surface area contributed by atoms with Crippen molar-refractivity contribution >= 4 is 0 Å². The summed E-state index contributed by atoms with van der Waals surface area (Å²) in [6.45, 7) is 4.02. The summed E-state index contributed by atoms with van der Waals surface area (Å²) >= 11 is 0. The average molecular weight is 320 g/mol. The third-order valence-corrected chi connectivity index (χ3v) is 3.57. The molecule has 0 atom stereocenters. The van der Waals surface area contributed by atoms with Crippen LogP contribution >= 0.6 is 0 Å². The summed E-state index contributed by atoms with van der Waals surface area (Å²) in [5, 5.41) is 0. The van der Waals surface area contributed by atoms with Gasteiger partial charge in [0.1, 0.15) is 17.8 Å². The fourth-order valence-electron chi connectivity index (χ4n) is 2.50. The van der Waals surface area contributed by atoms with Crippen LogP contribution in [0.25, 0.3) is 22.5 Å². The molecule has 122 valence electrons. The summed E-state index contributed by atoms with van der Waals surface area (Å²) in [4.78, 5) is 8.77. The molecular formula is C20H20N2O2. The molecule has 0 aliphatic carbocycles. The van der Waals surface area contributed by atoms with Crippen LogP contribution in [0, 0.1) is 0 Å². The van der Waals surface area contributed by atoms with E-state index >= 15 is 0 Å². The van der Waals surface area contributed by atoms with Gasteiger partial charge in [-0.15, -0.1) is 0 Å². The number of benzene rings is 2. The van der Waals surface area contributed by atoms with Crippen LogP contribution in [-0.4, -0.2) is 23.2 Å². The van der Waals surface area contributed by atoms with E-state index in [0.29, 0.717) is 0 Å². The van der Waals surface area contributed by atoms with Gasteiger partial charge in [-0.1, -0.05) is 12.1 Å². The molecule has 4 nitrogen and oxygen atoms in total. The maximum absolute atomic E-state index is 5.68. The number of rotatable bonds is 5. The molecule has 3 aromatic rings. The van der Waals surface area contributed by atoms with Gasteiger partial charge in [-0.05, 0) is 56.3 Å². The number of hydrogen-bond acceptors (Lipinski definition) is 4. The van der Waals surface area contributed by atoms with Crippen molar-refractivity contribution in [1.82, 2.24) is 9.97 Å². The Kier molecular flexibility index (Phi) is 4.75. The molecule has 0 aliphatic heterocycles. The Morgan fingerprint density at radius 2 is 1.58 bits per heavy atom. The second-order valence-electron chi connectivity index (χ2n) is 5.68. The standard InChI is InChI=1S/C20H20N2O2/c1-14(2)24-16-10-8-15(9-11-16)18-12-19(22-13-21-18)17-6-4-5-7-20(17)23-3/h4-14H,1-3H3. The lowest BCUT2D eigenvalue weighted by Gasteiger charge is -2.11. The van der Waals surface area contributed by atoms with Crippen molar-refractivity contribution in [2.75, 3.05) is 7.11 Å². The minimum atomic E-state index is 0.159. The second kappa shape index (κ2) is 7.13. The van der Waals surface area contributed by atoms with Crippen molar-refractivity contribution in [2.24, 2.45) is 0 Å². The predicted octanol–water partition coefficient (Wildman–Crippen LogP) is 4.61. The number of methoxy groups -OCH3 is 1. The maximum Gasteiger partial charge on any atom is 0.128 e. The molecule has 0 N–H and O–H groups in total. The van der Waals surface area contributed by atoms with E-state index in [0.717, 1.165) is 34.0 Å². The van der Waals surface area contributed by atoms with Crippen LogP contribution in [0.4, 0.5) is 0 Å². The summed E-state index contributed by atoms with van der Waals surface area (Å²) in [5.74, 6) is 1.65. The first-order chi connectivity index (χ1) is 11.7. The predicted molar refractivity (Wildman–Crippen MR) is 95.2 cm³/mol. The fraction of sp³-hybridized carbons (Fsp3) is 0.200. The van der Waals surface area contributed by atoms with Crippen LogP contribution in [0.5, 0.6) is 11.5 Å². The zero-order valence-corrected chi connectivity index (χ0v) is 14.1. The summed E-state index contributed by atoms with van der Waals surface area (Å²) in [6, 6.07) is 17.7. The highest BCUT2D eigenvalue weighted by molar-refractivity contribution is 5.71. The zero-order valence-electron chi connectivity index (χ0n) is 14.1. The van der Waals surface area contributed by atoms with Gasteiger partial charge in [0.2, 0.25) is 0 Å². The SMILES string of the molecule is COc1ccccc1-c1cc(-c2ccc(OC(C)C)cc2)ncn1. The van der Waals surface area contributed by atoms with E-state index in [4.69, 9.17) is 9.47 Å². The van der Waals surface area contributed by atoms with E-state index in [2.05, 4.69) is 9.97 Å². The van der Waals surface area contributed by atoms with Gasteiger partial charge in [-0.25, -0.2) is 9.97 Å². The van der Waals surface area contributed by atoms with Crippen LogP contribution in [0.2, 0.25) is 0 Å². The monoisotopic (exact) mass is 320 g/mol. The van der Waals surface area contributed by atoms with Crippen LogP contribution in [0.1, 0.15) is 13.8 Å². The Hall–Kier alpha value is -2.88. The number of hydrogen-bond donors (Lipinski definition) is 0. The molecule has 24 heavy (non-hydrogen) atoms. The maximum atomic E-state index is 5.68. The van der Waals surface area contributed by atoms with Gasteiger partial charge >= 0.3 is 0 Å². The Morgan fingerprint density at radius 1 is 0.875 bits per heavy atom. The van der Waals surface area contributed by atoms with Crippen LogP contribution in [-0.2, 0) is 0 Å². The van der Waals surface area contributed by atoms with Gasteiger partial charge in [0.15, 0.2) is 0 Å². The normalized spacial score (nSPS) is 10.7. The lowest BCUT2D eigenvalue weighted by atomic mass is 10.1. The average Bonchev–Trinajstić information content (AvgIpc) is 2.62. The first-order valence-electron chi connectivity index (χ1n) is 7.90. The summed E-state index contributed by atoms with van der Waals surface area (Å²) in [6.07, 6.45) is 1.74. The zero-order chi connectivity index (χ0) is 16.9. The second-order valence-corrected chi connectivity index (χ2v) is 5.68. The van der Waals surface area contributed by atoms with Crippen molar-refractivity contribution in [2.45, 2.75) is 20.0 Å². The van der Waals surface area contributed by atoms with E-state index in [1.807, 2.05) is 68.4 Å². The minimum Gasteiger partial charge on any atom is -0.496 e. The molecule has 0 bridgehead atoms. The number of aromatic nitrogens is 2. The molecule has 0 amide bonds. The quantitative estimate of drug-likeness (QED) is 0.689. The molecule has 0 radical (unpaired) electrons. The first-order valence-corrected chi connectivity index (χ1v) is 7.90. The van der Waals surface area contributed by atoms with Crippen molar-refractivity contribution in [1.29, 1.82) is 0 Å². The Morgan fingerprint density at radius 3 is 2.29 bits per heavy atom. The van der Waals surface area contributed by atoms with Gasteiger partial charge < -0.3 is 9.47 Å². The van der Waals surface area contributed by atoms with E-state index in [9.17, 15) is 0 Å². The molecular weight excluding hydrogens is 300 g/mol. The van der Waals surface area contributed by atoms with Gasteiger partial charge in [-0.3, -0.25) is 0 Å². The topological polar surface area (TPSA) is 44.2 Å². The van der Waals surface area contributed by atoms with Crippen molar-refractivity contribution < 1.29 is 9.47 Å². The van der Waals surface area contributed by atoms with Gasteiger partial charge in [0.25, 0.3) is 0 Å². The van der Waals surface area contributed by atoms with Crippen molar-refractivity contribution in [3.05, 3.63) is 60.9 Å². The molecule has 0 saturated heterocycles. The molecule has 0 unspecified atom stereocenters. The summed E-state index contributed by atoms with van der Waals surface area (Å²) in [7, 11) is 1.66. The third-order valence-electron chi connectivity index (χ3n) is 3.57. The van der Waals surface area contributed by atoms with Crippen molar-refractivity contribution in [3.8, 4) is 34.0 Å². The first kappa shape index (κ1) is 16.0. The van der Waals surface area contributed by atoms with Crippen LogP contribution in [0.3, 0.4) is 0 Å². The molecule has 0 fully saturated rings. The number of nitrogens with zero attached hydrogens (tertiary/aromatic N) is 2. The number of para-hydroxylation sites is 1. The molecule has 1 heterocycles. The van der Waals surface area contributed by atoms with Crippen molar-refractivity contribution in [3.63, 3.8) is 0 Å². The number of ether oxygens (including phenoxy) is 2. The van der Waals surface area contributed by atoms with Crippen LogP contribution < -0.4 is 9.47 Å². The molecule has 0 aliphatic rings. The molecule has 2 aromatic carbocycles. The molecule has 0 spiro atoms. The van der Waals surface area contributed by atoms with E-state index in [1.54, 1.807) is 13.4 Å². The Bertz CT molecular complexity index is 814. The minimum absolute atomic E-state index is 0.159. The molecule has 3 rings (SSSR count). The summed E-state index contributed by atoms with van der Waals surface area (Å²) in [5.41, 5.74) is 3.66. The Labute approximate surface area is 142 Å². The molecule has 1 aromatic heterocycles. The highest BCUT2D eigenvalue weighted by Gasteiger charge is 2.09. The smallest absolute Gasteiger partial charge is 0.128 e. The molecule has 0 saturated carbocycles. The van der Waals surface area contributed by atoms with E-state index < -0.39 is 0 Å².